The van der Waals surface area contributed by atoms with Crippen LogP contribution in [0.2, 0.25) is 0 Å². The predicted octanol–water partition coefficient (Wildman–Crippen LogP) is -3.46. The zero-order valence-electron chi connectivity index (χ0n) is 17.8. The van der Waals surface area contributed by atoms with Gasteiger partial charge in [0.1, 0.15) is 18.1 Å². The Labute approximate surface area is 179 Å². The van der Waals surface area contributed by atoms with Crippen LogP contribution >= 0.6 is 0 Å². The van der Waals surface area contributed by atoms with E-state index in [-0.39, 0.29) is 18.8 Å². The normalized spacial score (nSPS) is 16.7. The molecule has 178 valence electrons. The largest absolute Gasteiger partial charge is 0.480 e. The van der Waals surface area contributed by atoms with Crippen LogP contribution in [0.1, 0.15) is 40.0 Å². The zero-order valence-corrected chi connectivity index (χ0v) is 17.8. The Balaban J connectivity index is 5.21. The minimum absolute atomic E-state index is 0.188. The van der Waals surface area contributed by atoms with Crippen molar-refractivity contribution in [3.63, 3.8) is 0 Å². The van der Waals surface area contributed by atoms with Crippen molar-refractivity contribution in [2.45, 2.75) is 70.3 Å². The fourth-order valence-electron chi connectivity index (χ4n) is 2.44. The first-order valence-electron chi connectivity index (χ1n) is 9.82. The summed E-state index contributed by atoms with van der Waals surface area (Å²) in [5.74, 6) is -5.11. The quantitative estimate of drug-likeness (QED) is 0.132. The molecule has 0 aliphatic carbocycles. The SMILES string of the molecule is CCC(C)C(N)C(=O)NC(CO)C(=O)NC(C(=O)NC(CCC(N)=O)C(=O)O)C(C)O. The maximum Gasteiger partial charge on any atom is 0.326 e. The molecule has 4 amide bonds. The predicted molar refractivity (Wildman–Crippen MR) is 108 cm³/mol. The lowest BCUT2D eigenvalue weighted by atomic mass is 9.99. The molecular weight excluding hydrogens is 414 g/mol. The van der Waals surface area contributed by atoms with E-state index in [0.29, 0.717) is 6.42 Å². The van der Waals surface area contributed by atoms with Crippen molar-refractivity contribution in [1.82, 2.24) is 16.0 Å². The minimum Gasteiger partial charge on any atom is -0.480 e. The molecular formula is C18H33N5O8. The molecule has 0 fully saturated rings. The Morgan fingerprint density at radius 2 is 1.48 bits per heavy atom. The molecule has 0 saturated heterocycles. The third-order valence-corrected chi connectivity index (χ3v) is 4.73. The van der Waals surface area contributed by atoms with Crippen LogP contribution in [0.25, 0.3) is 0 Å². The second-order valence-corrected chi connectivity index (χ2v) is 7.29. The highest BCUT2D eigenvalue weighted by atomic mass is 16.4. The van der Waals surface area contributed by atoms with Gasteiger partial charge in [-0.2, -0.15) is 0 Å². The molecule has 10 N–H and O–H groups in total. The van der Waals surface area contributed by atoms with Crippen molar-refractivity contribution >= 4 is 29.6 Å². The fourth-order valence-corrected chi connectivity index (χ4v) is 2.44. The molecule has 0 aromatic rings. The van der Waals surface area contributed by atoms with Gasteiger partial charge < -0.3 is 42.7 Å². The number of aliphatic hydroxyl groups excluding tert-OH is 2. The molecule has 0 spiro atoms. The summed E-state index contributed by atoms with van der Waals surface area (Å²) in [5, 5.41) is 35.0. The average Bonchev–Trinajstić information content (AvgIpc) is 2.70. The van der Waals surface area contributed by atoms with E-state index in [9.17, 15) is 39.3 Å². The monoisotopic (exact) mass is 447 g/mol. The Kier molecular flexibility index (Phi) is 12.3. The highest BCUT2D eigenvalue weighted by Gasteiger charge is 2.33. The van der Waals surface area contributed by atoms with Crippen molar-refractivity contribution in [3.05, 3.63) is 0 Å². The fraction of sp³-hybridized carbons (Fsp3) is 0.722. The number of primary amides is 1. The lowest BCUT2D eigenvalue weighted by molar-refractivity contribution is -0.143. The Morgan fingerprint density at radius 1 is 0.935 bits per heavy atom. The number of nitrogens with one attached hydrogen (secondary N) is 3. The number of carboxylic acids is 1. The Morgan fingerprint density at radius 3 is 1.90 bits per heavy atom. The molecule has 6 unspecified atom stereocenters. The van der Waals surface area contributed by atoms with Gasteiger partial charge in [0, 0.05) is 6.42 Å². The van der Waals surface area contributed by atoms with Gasteiger partial charge in [0.2, 0.25) is 23.6 Å². The summed E-state index contributed by atoms with van der Waals surface area (Å²) in [7, 11) is 0. The van der Waals surface area contributed by atoms with Crippen LogP contribution in [0.5, 0.6) is 0 Å². The molecule has 0 aliphatic heterocycles. The number of rotatable bonds is 14. The third kappa shape index (κ3) is 9.72. The smallest absolute Gasteiger partial charge is 0.326 e. The van der Waals surface area contributed by atoms with Gasteiger partial charge in [-0.05, 0) is 19.3 Å². The number of hydrogen-bond acceptors (Lipinski definition) is 8. The lowest BCUT2D eigenvalue weighted by Gasteiger charge is -2.26. The highest BCUT2D eigenvalue weighted by Crippen LogP contribution is 2.06. The lowest BCUT2D eigenvalue weighted by Crippen LogP contribution is -2.60. The molecule has 6 atom stereocenters. The molecule has 0 aromatic carbocycles. The number of nitrogens with two attached hydrogens (primary N) is 2. The molecule has 13 nitrogen and oxygen atoms in total. The Hall–Kier alpha value is -2.77. The average molecular weight is 447 g/mol. The van der Waals surface area contributed by atoms with E-state index in [2.05, 4.69) is 16.0 Å². The van der Waals surface area contributed by atoms with Gasteiger partial charge in [-0.15, -0.1) is 0 Å². The van der Waals surface area contributed by atoms with Crippen molar-refractivity contribution in [2.24, 2.45) is 17.4 Å². The summed E-state index contributed by atoms with van der Waals surface area (Å²) in [6.45, 7) is 3.93. The molecule has 0 aromatic heterocycles. The van der Waals surface area contributed by atoms with E-state index < -0.39 is 66.5 Å². The minimum atomic E-state index is -1.60. The summed E-state index contributed by atoms with van der Waals surface area (Å²) < 4.78 is 0. The van der Waals surface area contributed by atoms with E-state index in [4.69, 9.17) is 11.5 Å². The number of carbonyl (C=O) groups excluding carboxylic acids is 4. The molecule has 0 rings (SSSR count). The third-order valence-electron chi connectivity index (χ3n) is 4.73. The number of carbonyl (C=O) groups is 5. The van der Waals surface area contributed by atoms with Gasteiger partial charge >= 0.3 is 5.97 Å². The first kappa shape index (κ1) is 28.2. The van der Waals surface area contributed by atoms with Gasteiger partial charge in [-0.1, -0.05) is 20.3 Å². The van der Waals surface area contributed by atoms with Gasteiger partial charge in [-0.25, -0.2) is 4.79 Å². The van der Waals surface area contributed by atoms with Crippen LogP contribution in [0, 0.1) is 5.92 Å². The molecule has 0 heterocycles. The first-order valence-corrected chi connectivity index (χ1v) is 9.82. The van der Waals surface area contributed by atoms with Crippen molar-refractivity contribution in [2.75, 3.05) is 6.61 Å². The van der Waals surface area contributed by atoms with Crippen LogP contribution in [0.4, 0.5) is 0 Å². The molecule has 0 aliphatic rings. The second-order valence-electron chi connectivity index (χ2n) is 7.29. The number of aliphatic carboxylic acids is 1. The van der Waals surface area contributed by atoms with E-state index in [0.717, 1.165) is 0 Å². The van der Waals surface area contributed by atoms with Crippen molar-refractivity contribution in [3.8, 4) is 0 Å². The summed E-state index contributed by atoms with van der Waals surface area (Å²) in [6, 6.07) is -5.47. The number of amides is 4. The number of hydrogen-bond donors (Lipinski definition) is 8. The summed E-state index contributed by atoms with van der Waals surface area (Å²) in [6.07, 6.45) is -1.44. The standard InChI is InChI=1S/C18H33N5O8/c1-4-8(2)13(20)16(28)22-11(7-24)15(27)23-14(9(3)25)17(29)21-10(18(30)31)5-6-12(19)26/h8-11,13-14,24-25H,4-7,20H2,1-3H3,(H2,19,26)(H,21,29)(H,22,28)(H,23,27)(H,30,31). The van der Waals surface area contributed by atoms with Gasteiger partial charge in [0.05, 0.1) is 18.8 Å². The maximum absolute atomic E-state index is 12.4. The molecule has 31 heavy (non-hydrogen) atoms. The van der Waals surface area contributed by atoms with E-state index >= 15 is 0 Å². The maximum atomic E-state index is 12.4. The van der Waals surface area contributed by atoms with Crippen LogP contribution in [0.3, 0.4) is 0 Å². The number of aliphatic hydroxyl groups is 2. The van der Waals surface area contributed by atoms with Crippen LogP contribution in [-0.2, 0) is 24.0 Å². The Bertz CT molecular complexity index is 657. The van der Waals surface area contributed by atoms with E-state index in [1.807, 2.05) is 6.92 Å². The summed E-state index contributed by atoms with van der Waals surface area (Å²) >= 11 is 0. The van der Waals surface area contributed by atoms with Gasteiger partial charge in [0.15, 0.2) is 0 Å². The van der Waals surface area contributed by atoms with Gasteiger partial charge in [0.25, 0.3) is 0 Å². The van der Waals surface area contributed by atoms with Crippen molar-refractivity contribution in [1.29, 1.82) is 0 Å². The molecule has 0 saturated carbocycles. The topological polar surface area (TPSA) is 234 Å². The second kappa shape index (κ2) is 13.5. The molecule has 0 bridgehead atoms. The van der Waals surface area contributed by atoms with E-state index in [1.54, 1.807) is 6.92 Å². The first-order chi connectivity index (χ1) is 14.3. The van der Waals surface area contributed by atoms with Crippen LogP contribution < -0.4 is 27.4 Å². The van der Waals surface area contributed by atoms with Crippen molar-refractivity contribution < 1.29 is 39.3 Å². The number of carboxylic acid groups (broad SMARTS) is 1. The zero-order chi connectivity index (χ0) is 24.3. The van der Waals surface area contributed by atoms with Crippen LogP contribution in [0.15, 0.2) is 0 Å². The van der Waals surface area contributed by atoms with E-state index in [1.165, 1.54) is 6.92 Å². The van der Waals surface area contributed by atoms with Crippen LogP contribution in [-0.4, -0.2) is 81.8 Å². The molecule has 13 heteroatoms. The summed E-state index contributed by atoms with van der Waals surface area (Å²) in [4.78, 5) is 59.1. The highest BCUT2D eigenvalue weighted by molar-refractivity contribution is 5.94. The molecule has 0 radical (unpaired) electrons. The summed E-state index contributed by atoms with van der Waals surface area (Å²) in [5.41, 5.74) is 10.8. The van der Waals surface area contributed by atoms with Gasteiger partial charge in [-0.3, -0.25) is 19.2 Å².